The molecule has 2 heterocycles. The zero-order valence-corrected chi connectivity index (χ0v) is 16.9. The summed E-state index contributed by atoms with van der Waals surface area (Å²) in [5.41, 5.74) is 2.63. The van der Waals surface area contributed by atoms with Crippen LogP contribution in [0, 0.1) is 0 Å². The summed E-state index contributed by atoms with van der Waals surface area (Å²) in [6.07, 6.45) is 7.14. The molecular weight excluding hydrogens is 356 g/mol. The number of anilines is 1. The molecule has 4 rings (SSSR count). The number of amides is 1. The Kier molecular flexibility index (Phi) is 5.67. The van der Waals surface area contributed by atoms with Crippen LogP contribution in [-0.2, 0) is 12.8 Å². The number of carbonyl (C=O) groups is 1. The third-order valence-electron chi connectivity index (χ3n) is 5.68. The molecule has 0 radical (unpaired) electrons. The van der Waals surface area contributed by atoms with Crippen LogP contribution in [0.3, 0.4) is 0 Å². The molecule has 2 aromatic rings. The van der Waals surface area contributed by atoms with Crippen LogP contribution in [0.25, 0.3) is 0 Å². The average Bonchev–Trinajstić information content (AvgIpc) is 2.87. The lowest BCUT2D eigenvalue weighted by Gasteiger charge is -2.23. The number of thiophene rings is 1. The molecule has 4 nitrogen and oxygen atoms in total. The van der Waals surface area contributed by atoms with Gasteiger partial charge in [0.15, 0.2) is 0 Å². The summed E-state index contributed by atoms with van der Waals surface area (Å²) >= 11 is 1.74. The number of fused-ring (bicyclic) bond motifs is 1. The molecule has 1 amide bonds. The zero-order valence-electron chi connectivity index (χ0n) is 16.1. The highest BCUT2D eigenvalue weighted by molar-refractivity contribution is 7.14. The molecule has 27 heavy (non-hydrogen) atoms. The Hall–Kier alpha value is -2.01. The first-order chi connectivity index (χ1) is 13.2. The minimum absolute atomic E-state index is 0.227. The van der Waals surface area contributed by atoms with Crippen LogP contribution < -0.4 is 9.64 Å². The molecule has 0 N–H and O–H groups in total. The predicted molar refractivity (Wildman–Crippen MR) is 111 cm³/mol. The molecule has 1 fully saturated rings. The number of benzene rings is 1. The van der Waals surface area contributed by atoms with Crippen molar-refractivity contribution in [2.45, 2.75) is 38.5 Å². The number of hydrogen-bond acceptors (Lipinski definition) is 4. The number of ether oxygens (including phenoxy) is 1. The van der Waals surface area contributed by atoms with Gasteiger partial charge in [0.25, 0.3) is 5.91 Å². The van der Waals surface area contributed by atoms with E-state index in [9.17, 15) is 4.79 Å². The van der Waals surface area contributed by atoms with Crippen LogP contribution >= 0.6 is 11.3 Å². The maximum atomic E-state index is 13.1. The summed E-state index contributed by atoms with van der Waals surface area (Å²) in [6, 6.07) is 10.4. The van der Waals surface area contributed by atoms with Crippen molar-refractivity contribution >= 4 is 22.9 Å². The van der Waals surface area contributed by atoms with Crippen molar-refractivity contribution in [2.75, 3.05) is 38.2 Å². The molecule has 1 aliphatic carbocycles. The van der Waals surface area contributed by atoms with Crippen molar-refractivity contribution < 1.29 is 9.53 Å². The van der Waals surface area contributed by atoms with E-state index in [1.165, 1.54) is 35.4 Å². The summed E-state index contributed by atoms with van der Waals surface area (Å²) in [4.78, 5) is 19.9. The van der Waals surface area contributed by atoms with Gasteiger partial charge >= 0.3 is 0 Å². The highest BCUT2D eigenvalue weighted by atomic mass is 32.1. The van der Waals surface area contributed by atoms with Crippen LogP contribution in [-0.4, -0.2) is 44.1 Å². The van der Waals surface area contributed by atoms with Gasteiger partial charge in [0.1, 0.15) is 5.75 Å². The fraction of sp³-hybridized carbons (Fsp3) is 0.500. The van der Waals surface area contributed by atoms with Gasteiger partial charge in [-0.1, -0.05) is 6.42 Å². The normalized spacial score (nSPS) is 17.8. The van der Waals surface area contributed by atoms with Crippen molar-refractivity contribution in [1.82, 2.24) is 4.90 Å². The van der Waals surface area contributed by atoms with Crippen LogP contribution in [0.2, 0.25) is 0 Å². The summed E-state index contributed by atoms with van der Waals surface area (Å²) in [7, 11) is 1.69. The van der Waals surface area contributed by atoms with Gasteiger partial charge < -0.3 is 14.5 Å². The van der Waals surface area contributed by atoms with Crippen molar-refractivity contribution in [2.24, 2.45) is 0 Å². The first kappa shape index (κ1) is 18.4. The van der Waals surface area contributed by atoms with E-state index in [4.69, 9.17) is 4.74 Å². The van der Waals surface area contributed by atoms with Gasteiger partial charge in [-0.05, 0) is 68.0 Å². The van der Waals surface area contributed by atoms with Gasteiger partial charge in [0.2, 0.25) is 0 Å². The van der Waals surface area contributed by atoms with E-state index >= 15 is 0 Å². The maximum Gasteiger partial charge on any atom is 0.263 e. The first-order valence-electron chi connectivity index (χ1n) is 10.0. The van der Waals surface area contributed by atoms with Gasteiger partial charge in [-0.3, -0.25) is 4.79 Å². The molecule has 1 aliphatic heterocycles. The Morgan fingerprint density at radius 1 is 0.963 bits per heavy atom. The Morgan fingerprint density at radius 3 is 2.59 bits per heavy atom. The van der Waals surface area contributed by atoms with Crippen molar-refractivity contribution in [3.63, 3.8) is 0 Å². The number of hydrogen-bond donors (Lipinski definition) is 0. The topological polar surface area (TPSA) is 32.8 Å². The van der Waals surface area contributed by atoms with Gasteiger partial charge in [-0.2, -0.15) is 0 Å². The van der Waals surface area contributed by atoms with Gasteiger partial charge in [0, 0.05) is 36.7 Å². The molecule has 0 atom stereocenters. The molecule has 0 saturated carbocycles. The molecule has 5 heteroatoms. The number of methoxy groups -OCH3 is 1. The Balaban J connectivity index is 1.42. The number of rotatable bonds is 3. The van der Waals surface area contributed by atoms with Crippen LogP contribution in [0.15, 0.2) is 30.3 Å². The van der Waals surface area contributed by atoms with Gasteiger partial charge in [0.05, 0.1) is 12.0 Å². The molecule has 0 spiro atoms. The largest absolute Gasteiger partial charge is 0.497 e. The van der Waals surface area contributed by atoms with E-state index in [1.54, 1.807) is 18.4 Å². The second-order valence-electron chi connectivity index (χ2n) is 7.45. The molecule has 2 aliphatic rings. The predicted octanol–water partition coefficient (Wildman–Crippen LogP) is 4.38. The minimum atomic E-state index is 0.227. The Labute approximate surface area is 165 Å². The molecule has 0 unspecified atom stereocenters. The van der Waals surface area contributed by atoms with E-state index in [0.29, 0.717) is 0 Å². The van der Waals surface area contributed by atoms with Crippen LogP contribution in [0.5, 0.6) is 5.75 Å². The standard InChI is InChI=1S/C22H28N2O2S/c1-26-19-10-8-18(9-11-19)23-12-5-13-24(15-14-23)22(25)21-16-17-6-3-2-4-7-20(17)27-21/h8-11,16H,2-7,12-15H2,1H3. The van der Waals surface area contributed by atoms with E-state index in [2.05, 4.69) is 28.0 Å². The van der Waals surface area contributed by atoms with Crippen molar-refractivity contribution in [1.29, 1.82) is 0 Å². The summed E-state index contributed by atoms with van der Waals surface area (Å²) < 4.78 is 5.25. The smallest absolute Gasteiger partial charge is 0.263 e. The molecular formula is C22H28N2O2S. The van der Waals surface area contributed by atoms with Crippen molar-refractivity contribution in [3.05, 3.63) is 45.6 Å². The zero-order chi connectivity index (χ0) is 18.6. The lowest BCUT2D eigenvalue weighted by atomic mass is 10.1. The third-order valence-corrected chi connectivity index (χ3v) is 6.90. The number of nitrogens with zero attached hydrogens (tertiary/aromatic N) is 2. The molecule has 1 saturated heterocycles. The second kappa shape index (κ2) is 8.34. The number of carbonyl (C=O) groups excluding carboxylic acids is 1. The summed E-state index contributed by atoms with van der Waals surface area (Å²) in [5, 5.41) is 0. The Morgan fingerprint density at radius 2 is 1.78 bits per heavy atom. The second-order valence-corrected chi connectivity index (χ2v) is 8.59. The number of aryl methyl sites for hydroxylation is 2. The lowest BCUT2D eigenvalue weighted by Crippen LogP contribution is -2.34. The van der Waals surface area contributed by atoms with E-state index in [0.717, 1.165) is 56.1 Å². The minimum Gasteiger partial charge on any atom is -0.497 e. The van der Waals surface area contributed by atoms with Crippen LogP contribution in [0.4, 0.5) is 5.69 Å². The van der Waals surface area contributed by atoms with Crippen molar-refractivity contribution in [3.8, 4) is 5.75 Å². The third kappa shape index (κ3) is 4.13. The monoisotopic (exact) mass is 384 g/mol. The SMILES string of the molecule is COc1ccc(N2CCCN(C(=O)c3cc4c(s3)CCCCC4)CC2)cc1. The first-order valence-corrected chi connectivity index (χ1v) is 10.9. The molecule has 1 aromatic carbocycles. The lowest BCUT2D eigenvalue weighted by molar-refractivity contribution is 0.0772. The fourth-order valence-electron chi connectivity index (χ4n) is 4.10. The highest BCUT2D eigenvalue weighted by Crippen LogP contribution is 2.30. The highest BCUT2D eigenvalue weighted by Gasteiger charge is 2.23. The van der Waals surface area contributed by atoms with Crippen LogP contribution in [0.1, 0.15) is 45.8 Å². The summed E-state index contributed by atoms with van der Waals surface area (Å²) in [5.74, 6) is 1.10. The summed E-state index contributed by atoms with van der Waals surface area (Å²) in [6.45, 7) is 3.49. The quantitative estimate of drug-likeness (QED) is 0.737. The van der Waals surface area contributed by atoms with E-state index in [1.807, 2.05) is 12.1 Å². The molecule has 144 valence electrons. The molecule has 1 aromatic heterocycles. The van der Waals surface area contributed by atoms with Gasteiger partial charge in [-0.15, -0.1) is 11.3 Å². The molecule has 0 bridgehead atoms. The fourth-order valence-corrected chi connectivity index (χ4v) is 5.32. The van der Waals surface area contributed by atoms with E-state index in [-0.39, 0.29) is 5.91 Å². The average molecular weight is 385 g/mol. The van der Waals surface area contributed by atoms with Gasteiger partial charge in [-0.25, -0.2) is 0 Å². The van der Waals surface area contributed by atoms with E-state index < -0.39 is 0 Å². The maximum absolute atomic E-state index is 13.1. The Bertz CT molecular complexity index is 761.